The Morgan fingerprint density at radius 3 is 2.40 bits per heavy atom. The van der Waals surface area contributed by atoms with Crippen LogP contribution in [-0.4, -0.2) is 0 Å². The lowest BCUT2D eigenvalue weighted by Gasteiger charge is -2.08. The smallest absolute Gasteiger partial charge is 0.0257 e. The second-order valence-electron chi connectivity index (χ2n) is 2.88. The van der Waals surface area contributed by atoms with Gasteiger partial charge in [-0.05, 0) is 12.3 Å². The Labute approximate surface area is 64.6 Å². The van der Waals surface area contributed by atoms with E-state index >= 15 is 0 Å². The highest BCUT2D eigenvalue weighted by Crippen LogP contribution is 2.15. The van der Waals surface area contributed by atoms with Gasteiger partial charge in [0.25, 0.3) is 0 Å². The van der Waals surface area contributed by atoms with E-state index in [-0.39, 0.29) is 0 Å². The van der Waals surface area contributed by atoms with Gasteiger partial charge in [-0.1, -0.05) is 51.5 Å². The van der Waals surface area contributed by atoms with Crippen molar-refractivity contribution in [2.45, 2.75) is 33.6 Å². The first-order valence-corrected chi connectivity index (χ1v) is 4.03. The first-order chi connectivity index (χ1) is 4.72. The number of hydrogen-bond donors (Lipinski definition) is 0. The molecule has 0 aliphatic rings. The van der Waals surface area contributed by atoms with Gasteiger partial charge < -0.3 is 0 Å². The van der Waals surface area contributed by atoms with Crippen LogP contribution >= 0.6 is 0 Å². The minimum absolute atomic E-state index is 0.679. The van der Waals surface area contributed by atoms with Gasteiger partial charge >= 0.3 is 0 Å². The lowest BCUT2D eigenvalue weighted by atomic mass is 9.98. The van der Waals surface area contributed by atoms with Crippen LogP contribution in [0.15, 0.2) is 24.3 Å². The highest BCUT2D eigenvalue weighted by molar-refractivity contribution is 5.11. The van der Waals surface area contributed by atoms with E-state index in [1.807, 2.05) is 6.08 Å². The fourth-order valence-electron chi connectivity index (χ4n) is 1.00. The van der Waals surface area contributed by atoms with Crippen molar-refractivity contribution < 1.29 is 0 Å². The third-order valence-electron chi connectivity index (χ3n) is 1.61. The van der Waals surface area contributed by atoms with Gasteiger partial charge in [-0.2, -0.15) is 0 Å². The first kappa shape index (κ1) is 9.48. The molecule has 0 unspecified atom stereocenters. The average molecular weight is 138 g/mol. The number of hydrogen-bond acceptors (Lipinski definition) is 0. The summed E-state index contributed by atoms with van der Waals surface area (Å²) in [5.74, 6) is 0.679. The van der Waals surface area contributed by atoms with Crippen LogP contribution in [0.4, 0.5) is 0 Å². The van der Waals surface area contributed by atoms with Crippen LogP contribution in [0.25, 0.3) is 0 Å². The first-order valence-electron chi connectivity index (χ1n) is 4.03. The molecule has 0 nitrogen and oxygen atoms in total. The van der Waals surface area contributed by atoms with Gasteiger partial charge in [-0.3, -0.25) is 0 Å². The molecule has 0 saturated heterocycles. The zero-order chi connectivity index (χ0) is 7.98. The molecule has 0 fully saturated rings. The Balaban J connectivity index is 3.97. The summed E-state index contributed by atoms with van der Waals surface area (Å²) in [7, 11) is 0. The molecule has 0 heteroatoms. The van der Waals surface area contributed by atoms with E-state index in [1.54, 1.807) is 0 Å². The maximum absolute atomic E-state index is 3.69. The maximum atomic E-state index is 3.69. The molecule has 0 spiro atoms. The van der Waals surface area contributed by atoms with Gasteiger partial charge in [-0.25, -0.2) is 0 Å². The lowest BCUT2D eigenvalue weighted by Crippen LogP contribution is -1.92. The van der Waals surface area contributed by atoms with E-state index in [0.29, 0.717) is 5.92 Å². The Kier molecular flexibility index (Phi) is 5.00. The molecule has 0 saturated carbocycles. The van der Waals surface area contributed by atoms with E-state index in [0.717, 1.165) is 0 Å². The van der Waals surface area contributed by atoms with Gasteiger partial charge in [0, 0.05) is 0 Å². The van der Waals surface area contributed by atoms with Gasteiger partial charge in [0.1, 0.15) is 0 Å². The van der Waals surface area contributed by atoms with Crippen LogP contribution in [0.2, 0.25) is 0 Å². The lowest BCUT2D eigenvalue weighted by molar-refractivity contribution is 0.702. The average Bonchev–Trinajstić information content (AvgIpc) is 1.87. The SMILES string of the molecule is C=C/C=C(/CCC)C(C)C. The van der Waals surface area contributed by atoms with Crippen molar-refractivity contribution in [3.8, 4) is 0 Å². The molecule has 0 aliphatic carbocycles. The molecule has 0 radical (unpaired) electrons. The molecule has 0 aromatic heterocycles. The Morgan fingerprint density at radius 1 is 1.50 bits per heavy atom. The van der Waals surface area contributed by atoms with Gasteiger partial charge in [0.15, 0.2) is 0 Å². The molecule has 0 heterocycles. The third kappa shape index (κ3) is 3.49. The molecular formula is C10H18. The molecule has 58 valence electrons. The summed E-state index contributed by atoms with van der Waals surface area (Å²) >= 11 is 0. The summed E-state index contributed by atoms with van der Waals surface area (Å²) in [6.07, 6.45) is 6.46. The van der Waals surface area contributed by atoms with Crippen LogP contribution in [0.3, 0.4) is 0 Å². The molecule has 0 amide bonds. The van der Waals surface area contributed by atoms with E-state index in [9.17, 15) is 0 Å². The van der Waals surface area contributed by atoms with E-state index < -0.39 is 0 Å². The summed E-state index contributed by atoms with van der Waals surface area (Å²) in [6.45, 7) is 10.4. The molecular weight excluding hydrogens is 120 g/mol. The molecule has 0 aliphatic heterocycles. The summed E-state index contributed by atoms with van der Waals surface area (Å²) < 4.78 is 0. The Bertz CT molecular complexity index is 118. The van der Waals surface area contributed by atoms with Gasteiger partial charge in [-0.15, -0.1) is 0 Å². The maximum Gasteiger partial charge on any atom is -0.0257 e. The molecule has 0 aromatic rings. The van der Waals surface area contributed by atoms with E-state index in [1.165, 1.54) is 18.4 Å². The standard InChI is InChI=1S/C10H18/c1-5-7-10(8-6-2)9(3)4/h5,7,9H,1,6,8H2,2-4H3/b10-7-. The zero-order valence-electron chi connectivity index (χ0n) is 7.35. The van der Waals surface area contributed by atoms with E-state index in [2.05, 4.69) is 33.4 Å². The van der Waals surface area contributed by atoms with Crippen LogP contribution in [0.1, 0.15) is 33.6 Å². The molecule has 0 bridgehead atoms. The topological polar surface area (TPSA) is 0 Å². The Morgan fingerprint density at radius 2 is 2.10 bits per heavy atom. The van der Waals surface area contributed by atoms with Crippen molar-refractivity contribution in [2.24, 2.45) is 5.92 Å². The zero-order valence-corrected chi connectivity index (χ0v) is 7.35. The second-order valence-corrected chi connectivity index (χ2v) is 2.88. The van der Waals surface area contributed by atoms with E-state index in [4.69, 9.17) is 0 Å². The van der Waals surface area contributed by atoms with Gasteiger partial charge in [0.05, 0.1) is 0 Å². The monoisotopic (exact) mass is 138 g/mol. The van der Waals surface area contributed by atoms with Crippen LogP contribution < -0.4 is 0 Å². The minimum atomic E-state index is 0.679. The fourth-order valence-corrected chi connectivity index (χ4v) is 1.00. The Hall–Kier alpha value is -0.520. The fraction of sp³-hybridized carbons (Fsp3) is 0.600. The molecule has 0 aromatic carbocycles. The summed E-state index contributed by atoms with van der Waals surface area (Å²) in [5, 5.41) is 0. The van der Waals surface area contributed by atoms with Gasteiger partial charge in [0.2, 0.25) is 0 Å². The molecule has 0 rings (SSSR count). The van der Waals surface area contributed by atoms with Crippen molar-refractivity contribution in [2.75, 3.05) is 0 Å². The quantitative estimate of drug-likeness (QED) is 0.521. The van der Waals surface area contributed by atoms with Crippen LogP contribution in [0.5, 0.6) is 0 Å². The van der Waals surface area contributed by atoms with Crippen molar-refractivity contribution in [1.82, 2.24) is 0 Å². The van der Waals surface area contributed by atoms with Crippen LogP contribution in [0, 0.1) is 5.92 Å². The third-order valence-corrected chi connectivity index (χ3v) is 1.61. The summed E-state index contributed by atoms with van der Waals surface area (Å²) in [5.41, 5.74) is 1.51. The highest BCUT2D eigenvalue weighted by Gasteiger charge is 1.98. The second kappa shape index (κ2) is 5.28. The van der Waals surface area contributed by atoms with Crippen molar-refractivity contribution in [1.29, 1.82) is 0 Å². The number of allylic oxidation sites excluding steroid dienone is 3. The van der Waals surface area contributed by atoms with Crippen molar-refractivity contribution in [3.05, 3.63) is 24.3 Å². The highest BCUT2D eigenvalue weighted by atomic mass is 14.0. The predicted octanol–water partition coefficient (Wildman–Crippen LogP) is 3.55. The molecule has 0 atom stereocenters. The normalized spacial score (nSPS) is 12.2. The number of rotatable bonds is 4. The summed E-state index contributed by atoms with van der Waals surface area (Å²) in [6, 6.07) is 0. The van der Waals surface area contributed by atoms with Crippen LogP contribution in [-0.2, 0) is 0 Å². The van der Waals surface area contributed by atoms with Crippen molar-refractivity contribution >= 4 is 0 Å². The summed E-state index contributed by atoms with van der Waals surface area (Å²) in [4.78, 5) is 0. The molecule has 10 heavy (non-hydrogen) atoms. The van der Waals surface area contributed by atoms with Crippen molar-refractivity contribution in [3.63, 3.8) is 0 Å². The largest absolute Gasteiger partial charge is 0.0991 e. The molecule has 0 N–H and O–H groups in total. The minimum Gasteiger partial charge on any atom is -0.0991 e. The predicted molar refractivity (Wildman–Crippen MR) is 48.0 cm³/mol.